The highest BCUT2D eigenvalue weighted by molar-refractivity contribution is 5.20. The second kappa shape index (κ2) is 8.16. The Hall–Kier alpha value is -1.18. The fourth-order valence-electron chi connectivity index (χ4n) is 5.57. The monoisotopic (exact) mass is 406 g/mol. The average molecular weight is 407 g/mol. The lowest BCUT2D eigenvalue weighted by atomic mass is 9.58. The Bertz CT molecular complexity index is 679. The molecule has 2 aliphatic heterocycles. The standard InChI is InChI=1S/C23H34O6/c1-15-9-10-19-16(2)20(27-14-13-26-17-7-5-4-6-8-17)28-21-23(19,25)18(15)11-12-22(3,24)29-21/h4-8,15-16,18-21,24-25H,9-14H2,1-3H3/t15-,16-,18?,19?,20?,21-,22?,23-/m1/s1. The molecule has 3 aliphatic rings. The van der Waals surface area contributed by atoms with Gasteiger partial charge in [0, 0.05) is 18.3 Å². The first kappa shape index (κ1) is 21.1. The third-order valence-corrected chi connectivity index (χ3v) is 7.16. The fraction of sp³-hybridized carbons (Fsp3) is 0.739. The number of aliphatic hydroxyl groups is 2. The molecule has 4 unspecified atom stereocenters. The molecule has 29 heavy (non-hydrogen) atoms. The highest BCUT2D eigenvalue weighted by Crippen LogP contribution is 2.55. The highest BCUT2D eigenvalue weighted by atomic mass is 16.8. The Morgan fingerprint density at radius 1 is 1.03 bits per heavy atom. The molecule has 2 heterocycles. The summed E-state index contributed by atoms with van der Waals surface area (Å²) >= 11 is 0. The van der Waals surface area contributed by atoms with Crippen molar-refractivity contribution in [2.45, 2.75) is 70.4 Å². The van der Waals surface area contributed by atoms with Crippen molar-refractivity contribution in [2.24, 2.45) is 23.7 Å². The van der Waals surface area contributed by atoms with E-state index in [9.17, 15) is 10.2 Å². The van der Waals surface area contributed by atoms with Gasteiger partial charge < -0.3 is 29.2 Å². The number of ether oxygens (including phenoxy) is 4. The molecular weight excluding hydrogens is 372 g/mol. The van der Waals surface area contributed by atoms with Crippen LogP contribution in [0.4, 0.5) is 0 Å². The van der Waals surface area contributed by atoms with Gasteiger partial charge in [0.25, 0.3) is 0 Å². The van der Waals surface area contributed by atoms with Crippen molar-refractivity contribution in [1.82, 2.24) is 0 Å². The van der Waals surface area contributed by atoms with E-state index in [4.69, 9.17) is 18.9 Å². The number of hydrogen-bond acceptors (Lipinski definition) is 6. The van der Waals surface area contributed by atoms with E-state index in [-0.39, 0.29) is 17.8 Å². The van der Waals surface area contributed by atoms with Crippen LogP contribution < -0.4 is 4.74 Å². The smallest absolute Gasteiger partial charge is 0.193 e. The third-order valence-electron chi connectivity index (χ3n) is 7.16. The molecule has 8 atom stereocenters. The molecule has 6 heteroatoms. The van der Waals surface area contributed by atoms with Crippen molar-refractivity contribution in [3.63, 3.8) is 0 Å². The molecule has 162 valence electrons. The predicted octanol–water partition coefficient (Wildman–Crippen LogP) is 3.31. The zero-order valence-corrected chi connectivity index (χ0v) is 17.6. The molecule has 3 fully saturated rings. The van der Waals surface area contributed by atoms with Gasteiger partial charge in [0.15, 0.2) is 18.4 Å². The molecule has 0 bridgehead atoms. The van der Waals surface area contributed by atoms with E-state index in [1.165, 1.54) is 0 Å². The minimum Gasteiger partial charge on any atom is -0.491 e. The van der Waals surface area contributed by atoms with Crippen molar-refractivity contribution in [2.75, 3.05) is 13.2 Å². The number of hydrogen-bond donors (Lipinski definition) is 2. The van der Waals surface area contributed by atoms with Crippen LogP contribution in [0.1, 0.15) is 46.5 Å². The summed E-state index contributed by atoms with van der Waals surface area (Å²) in [6.45, 7) is 6.70. The maximum Gasteiger partial charge on any atom is 0.193 e. The molecule has 1 saturated carbocycles. The molecule has 0 amide bonds. The van der Waals surface area contributed by atoms with E-state index in [2.05, 4.69) is 13.8 Å². The summed E-state index contributed by atoms with van der Waals surface area (Å²) in [6, 6.07) is 9.62. The topological polar surface area (TPSA) is 77.4 Å². The Labute approximate surface area is 173 Å². The van der Waals surface area contributed by atoms with Gasteiger partial charge in [-0.05, 0) is 50.2 Å². The van der Waals surface area contributed by atoms with E-state index in [1.807, 2.05) is 30.3 Å². The average Bonchev–Trinajstić information content (AvgIpc) is 2.78. The Kier molecular flexibility index (Phi) is 5.93. The number of benzene rings is 1. The van der Waals surface area contributed by atoms with Gasteiger partial charge in [-0.3, -0.25) is 0 Å². The number of para-hydroxylation sites is 1. The van der Waals surface area contributed by atoms with Crippen molar-refractivity contribution < 1.29 is 29.2 Å². The van der Waals surface area contributed by atoms with Crippen LogP contribution in [0.5, 0.6) is 5.75 Å². The van der Waals surface area contributed by atoms with Crippen LogP contribution >= 0.6 is 0 Å². The molecule has 1 aromatic rings. The summed E-state index contributed by atoms with van der Waals surface area (Å²) in [6.07, 6.45) is 1.77. The summed E-state index contributed by atoms with van der Waals surface area (Å²) in [7, 11) is 0. The molecule has 0 radical (unpaired) electrons. The Morgan fingerprint density at radius 3 is 2.55 bits per heavy atom. The van der Waals surface area contributed by atoms with Crippen LogP contribution in [-0.2, 0) is 14.2 Å². The minimum atomic E-state index is -1.32. The molecule has 0 spiro atoms. The molecular formula is C23H34O6. The first-order valence-electron chi connectivity index (χ1n) is 10.9. The van der Waals surface area contributed by atoms with Crippen molar-refractivity contribution >= 4 is 0 Å². The molecule has 1 aliphatic carbocycles. The second-order valence-electron chi connectivity index (χ2n) is 9.21. The lowest BCUT2D eigenvalue weighted by Gasteiger charge is -2.57. The van der Waals surface area contributed by atoms with Gasteiger partial charge in [0.05, 0.1) is 6.61 Å². The summed E-state index contributed by atoms with van der Waals surface area (Å²) in [5, 5.41) is 22.5. The van der Waals surface area contributed by atoms with Crippen LogP contribution in [-0.4, -0.2) is 47.4 Å². The van der Waals surface area contributed by atoms with Gasteiger partial charge in [-0.15, -0.1) is 0 Å². The molecule has 1 aromatic carbocycles. The molecule has 6 nitrogen and oxygen atoms in total. The summed E-state index contributed by atoms with van der Waals surface area (Å²) < 4.78 is 23.8. The van der Waals surface area contributed by atoms with Gasteiger partial charge in [-0.2, -0.15) is 0 Å². The zero-order chi connectivity index (χ0) is 20.6. The Balaban J connectivity index is 1.45. The quantitative estimate of drug-likeness (QED) is 0.731. The summed E-state index contributed by atoms with van der Waals surface area (Å²) in [5.74, 6) is -0.0704. The van der Waals surface area contributed by atoms with Gasteiger partial charge in [0.2, 0.25) is 0 Å². The van der Waals surface area contributed by atoms with Crippen LogP contribution in [0, 0.1) is 23.7 Å². The zero-order valence-electron chi connectivity index (χ0n) is 17.6. The van der Waals surface area contributed by atoms with Gasteiger partial charge in [-0.25, -0.2) is 0 Å². The normalized spacial score (nSPS) is 44.6. The summed E-state index contributed by atoms with van der Waals surface area (Å²) in [4.78, 5) is 0. The van der Waals surface area contributed by atoms with E-state index in [0.717, 1.165) is 25.0 Å². The lowest BCUT2D eigenvalue weighted by Crippen LogP contribution is -2.67. The van der Waals surface area contributed by atoms with Crippen molar-refractivity contribution in [3.8, 4) is 5.75 Å². The lowest BCUT2D eigenvalue weighted by molar-refractivity contribution is -0.408. The molecule has 4 rings (SSSR count). The van der Waals surface area contributed by atoms with E-state index in [0.29, 0.717) is 25.6 Å². The maximum atomic E-state index is 11.8. The van der Waals surface area contributed by atoms with Gasteiger partial charge in [0.1, 0.15) is 18.0 Å². The van der Waals surface area contributed by atoms with Crippen LogP contribution in [0.15, 0.2) is 30.3 Å². The number of rotatable bonds is 5. The molecule has 2 saturated heterocycles. The summed E-state index contributed by atoms with van der Waals surface area (Å²) in [5.41, 5.74) is -1.10. The van der Waals surface area contributed by atoms with Crippen LogP contribution in [0.3, 0.4) is 0 Å². The van der Waals surface area contributed by atoms with E-state index in [1.54, 1.807) is 6.92 Å². The first-order valence-corrected chi connectivity index (χ1v) is 10.9. The SMILES string of the molecule is C[C@H]1C(OCCOc2ccccc2)O[C@@H]2OC(C)(O)CCC3[C@H](C)CCC1[C@]32O. The van der Waals surface area contributed by atoms with Gasteiger partial charge in [-0.1, -0.05) is 32.0 Å². The van der Waals surface area contributed by atoms with Gasteiger partial charge >= 0.3 is 0 Å². The third kappa shape index (κ3) is 4.06. The van der Waals surface area contributed by atoms with Crippen molar-refractivity contribution in [3.05, 3.63) is 30.3 Å². The predicted molar refractivity (Wildman–Crippen MR) is 107 cm³/mol. The maximum absolute atomic E-state index is 11.8. The van der Waals surface area contributed by atoms with Crippen LogP contribution in [0.2, 0.25) is 0 Å². The van der Waals surface area contributed by atoms with Crippen LogP contribution in [0.25, 0.3) is 0 Å². The molecule has 0 aromatic heterocycles. The second-order valence-corrected chi connectivity index (χ2v) is 9.21. The molecule has 2 N–H and O–H groups in total. The van der Waals surface area contributed by atoms with E-state index < -0.39 is 24.0 Å². The first-order chi connectivity index (χ1) is 13.8. The largest absolute Gasteiger partial charge is 0.491 e. The fourth-order valence-corrected chi connectivity index (χ4v) is 5.57. The van der Waals surface area contributed by atoms with E-state index >= 15 is 0 Å². The highest BCUT2D eigenvalue weighted by Gasteiger charge is 2.63. The van der Waals surface area contributed by atoms with Crippen molar-refractivity contribution in [1.29, 1.82) is 0 Å². The minimum absolute atomic E-state index is 0.0105. The Morgan fingerprint density at radius 2 is 1.79 bits per heavy atom.